The molecule has 0 unspecified atom stereocenters. The van der Waals surface area contributed by atoms with Gasteiger partial charge in [-0.05, 0) is 57.9 Å². The van der Waals surface area contributed by atoms with E-state index in [9.17, 15) is 0 Å². The summed E-state index contributed by atoms with van der Waals surface area (Å²) in [5, 5.41) is 3.31. The minimum Gasteiger partial charge on any atom is -0.381 e. The summed E-state index contributed by atoms with van der Waals surface area (Å²) in [6.45, 7) is 12.2. The minimum atomic E-state index is 0. The Kier molecular flexibility index (Phi) is 7.81. The van der Waals surface area contributed by atoms with Gasteiger partial charge >= 0.3 is 0 Å². The molecule has 3 nitrogen and oxygen atoms in total. The fourth-order valence-electron chi connectivity index (χ4n) is 2.20. The summed E-state index contributed by atoms with van der Waals surface area (Å²) in [5.74, 6) is 0.807. The summed E-state index contributed by atoms with van der Waals surface area (Å²) in [6, 6.07) is 0. The molecule has 0 radical (unpaired) electrons. The SMILES string of the molecule is CCNCCCOCC1CCN(CC)CC1.[HH]. The quantitative estimate of drug-likeness (QED) is 0.645. The minimum absolute atomic E-state index is 0. The Labute approximate surface area is 102 Å². The molecule has 0 amide bonds. The maximum Gasteiger partial charge on any atom is 0.0495 e. The van der Waals surface area contributed by atoms with Crippen molar-refractivity contribution >= 4 is 0 Å². The summed E-state index contributed by atoms with van der Waals surface area (Å²) in [5.41, 5.74) is 0. The predicted molar refractivity (Wildman–Crippen MR) is 70.9 cm³/mol. The molecule has 98 valence electrons. The summed E-state index contributed by atoms with van der Waals surface area (Å²) < 4.78 is 5.73. The van der Waals surface area contributed by atoms with Gasteiger partial charge in [-0.1, -0.05) is 13.8 Å². The van der Waals surface area contributed by atoms with E-state index in [1.54, 1.807) is 0 Å². The number of ether oxygens (including phenoxy) is 1. The third-order valence-corrected chi connectivity index (χ3v) is 3.40. The largest absolute Gasteiger partial charge is 0.381 e. The monoisotopic (exact) mass is 230 g/mol. The van der Waals surface area contributed by atoms with Gasteiger partial charge in [0, 0.05) is 14.6 Å². The summed E-state index contributed by atoms with van der Waals surface area (Å²) in [6.07, 6.45) is 3.78. The molecule has 3 heteroatoms. The second kappa shape index (κ2) is 8.97. The van der Waals surface area contributed by atoms with Gasteiger partial charge in [0.05, 0.1) is 0 Å². The Morgan fingerprint density at radius 2 is 2.06 bits per heavy atom. The van der Waals surface area contributed by atoms with Gasteiger partial charge in [0.15, 0.2) is 0 Å². The van der Waals surface area contributed by atoms with Crippen molar-refractivity contribution in [3.05, 3.63) is 0 Å². The first-order valence-corrected chi connectivity index (χ1v) is 6.87. The molecule has 1 N–H and O–H groups in total. The Bertz CT molecular complexity index is 161. The molecule has 1 saturated heterocycles. The van der Waals surface area contributed by atoms with Crippen LogP contribution in [-0.2, 0) is 4.74 Å². The number of hydrogen-bond acceptors (Lipinski definition) is 3. The predicted octanol–water partition coefficient (Wildman–Crippen LogP) is 1.98. The molecule has 0 aliphatic carbocycles. The van der Waals surface area contributed by atoms with E-state index in [1.165, 1.54) is 32.5 Å². The molecule has 1 fully saturated rings. The lowest BCUT2D eigenvalue weighted by Crippen LogP contribution is -2.34. The average molecular weight is 230 g/mol. The number of likely N-dealkylation sites (tertiary alicyclic amines) is 1. The maximum atomic E-state index is 5.73. The number of piperidine rings is 1. The zero-order chi connectivity index (χ0) is 11.6. The van der Waals surface area contributed by atoms with Gasteiger partial charge in [0.25, 0.3) is 0 Å². The first-order valence-electron chi connectivity index (χ1n) is 6.87. The van der Waals surface area contributed by atoms with Gasteiger partial charge in [0.1, 0.15) is 0 Å². The van der Waals surface area contributed by atoms with E-state index >= 15 is 0 Å². The Hall–Kier alpha value is -0.120. The third-order valence-electron chi connectivity index (χ3n) is 3.40. The average Bonchev–Trinajstić information content (AvgIpc) is 2.34. The Morgan fingerprint density at radius 3 is 2.69 bits per heavy atom. The van der Waals surface area contributed by atoms with E-state index in [-0.39, 0.29) is 1.43 Å². The van der Waals surface area contributed by atoms with E-state index in [0.29, 0.717) is 0 Å². The molecule has 0 bridgehead atoms. The van der Waals surface area contributed by atoms with E-state index < -0.39 is 0 Å². The highest BCUT2D eigenvalue weighted by atomic mass is 16.5. The van der Waals surface area contributed by atoms with Crippen molar-refractivity contribution in [1.29, 1.82) is 0 Å². The topological polar surface area (TPSA) is 24.5 Å². The number of hydrogen-bond donors (Lipinski definition) is 1. The van der Waals surface area contributed by atoms with Crippen LogP contribution < -0.4 is 5.32 Å². The maximum absolute atomic E-state index is 5.73. The Morgan fingerprint density at radius 1 is 1.31 bits per heavy atom. The lowest BCUT2D eigenvalue weighted by atomic mass is 9.98. The van der Waals surface area contributed by atoms with E-state index in [2.05, 4.69) is 24.1 Å². The first kappa shape index (κ1) is 13.9. The zero-order valence-corrected chi connectivity index (χ0v) is 11.0. The van der Waals surface area contributed by atoms with Crippen LogP contribution in [0.2, 0.25) is 0 Å². The molecule has 0 aromatic heterocycles. The molecule has 0 saturated carbocycles. The normalized spacial score (nSPS) is 19.1. The lowest BCUT2D eigenvalue weighted by molar-refractivity contribution is 0.0670. The van der Waals surface area contributed by atoms with Crippen LogP contribution in [0.5, 0.6) is 0 Å². The first-order chi connectivity index (χ1) is 7.86. The van der Waals surface area contributed by atoms with Crippen LogP contribution in [0.4, 0.5) is 0 Å². The van der Waals surface area contributed by atoms with Gasteiger partial charge in [-0.2, -0.15) is 0 Å². The van der Waals surface area contributed by atoms with Crippen LogP contribution in [0.3, 0.4) is 0 Å². The van der Waals surface area contributed by atoms with Gasteiger partial charge in [-0.3, -0.25) is 0 Å². The second-order valence-corrected chi connectivity index (χ2v) is 4.66. The van der Waals surface area contributed by atoms with Crippen LogP contribution in [0.1, 0.15) is 34.5 Å². The molecule has 0 atom stereocenters. The standard InChI is InChI=1S/C13H28N2O.H2/c1-3-14-8-5-11-16-12-13-6-9-15(4-2)10-7-13;/h13-14H,3-12H2,1-2H3;1H. The molecular formula is C13H30N2O. The molecule has 0 aromatic rings. The molecule has 1 rings (SSSR count). The van der Waals surface area contributed by atoms with Crippen LogP contribution in [0.15, 0.2) is 0 Å². The van der Waals surface area contributed by atoms with E-state index in [1.807, 2.05) is 0 Å². The lowest BCUT2D eigenvalue weighted by Gasteiger charge is -2.30. The highest BCUT2D eigenvalue weighted by molar-refractivity contribution is 4.70. The van der Waals surface area contributed by atoms with Crippen molar-refractivity contribution in [2.24, 2.45) is 5.92 Å². The zero-order valence-electron chi connectivity index (χ0n) is 11.0. The van der Waals surface area contributed by atoms with E-state index in [0.717, 1.165) is 38.6 Å². The molecule has 16 heavy (non-hydrogen) atoms. The van der Waals surface area contributed by atoms with Gasteiger partial charge in [0.2, 0.25) is 0 Å². The molecule has 0 aromatic carbocycles. The Balaban J connectivity index is 0.00000256. The van der Waals surface area contributed by atoms with Crippen molar-refractivity contribution in [3.63, 3.8) is 0 Å². The highest BCUT2D eigenvalue weighted by Crippen LogP contribution is 2.16. The summed E-state index contributed by atoms with van der Waals surface area (Å²) in [7, 11) is 0. The summed E-state index contributed by atoms with van der Waals surface area (Å²) >= 11 is 0. The van der Waals surface area contributed by atoms with Crippen LogP contribution in [-0.4, -0.2) is 50.8 Å². The molecule has 0 spiro atoms. The van der Waals surface area contributed by atoms with E-state index in [4.69, 9.17) is 4.74 Å². The van der Waals surface area contributed by atoms with Crippen molar-refractivity contribution in [2.45, 2.75) is 33.1 Å². The fraction of sp³-hybridized carbons (Fsp3) is 1.00. The van der Waals surface area contributed by atoms with Crippen LogP contribution in [0.25, 0.3) is 0 Å². The molecule has 1 aliphatic heterocycles. The van der Waals surface area contributed by atoms with Crippen molar-refractivity contribution in [1.82, 2.24) is 10.2 Å². The second-order valence-electron chi connectivity index (χ2n) is 4.66. The fourth-order valence-corrected chi connectivity index (χ4v) is 2.20. The van der Waals surface area contributed by atoms with Crippen molar-refractivity contribution in [2.75, 3.05) is 45.9 Å². The number of nitrogens with zero attached hydrogens (tertiary/aromatic N) is 1. The van der Waals surface area contributed by atoms with Crippen molar-refractivity contribution in [3.8, 4) is 0 Å². The number of nitrogens with one attached hydrogen (secondary N) is 1. The van der Waals surface area contributed by atoms with Crippen LogP contribution >= 0.6 is 0 Å². The molecule has 1 aliphatic rings. The van der Waals surface area contributed by atoms with Crippen molar-refractivity contribution < 1.29 is 6.16 Å². The van der Waals surface area contributed by atoms with Crippen LogP contribution in [0, 0.1) is 5.92 Å². The van der Waals surface area contributed by atoms with Gasteiger partial charge in [-0.25, -0.2) is 0 Å². The van der Waals surface area contributed by atoms with Gasteiger partial charge in [-0.15, -0.1) is 0 Å². The van der Waals surface area contributed by atoms with Gasteiger partial charge < -0.3 is 15.0 Å². The number of rotatable bonds is 8. The smallest absolute Gasteiger partial charge is 0.0495 e. The summed E-state index contributed by atoms with van der Waals surface area (Å²) in [4.78, 5) is 2.53. The highest BCUT2D eigenvalue weighted by Gasteiger charge is 2.17. The molecule has 1 heterocycles. The molecular weight excluding hydrogens is 200 g/mol. The third kappa shape index (κ3) is 5.83.